The summed E-state index contributed by atoms with van der Waals surface area (Å²) in [6, 6.07) is 11.1. The van der Waals surface area contributed by atoms with Gasteiger partial charge in [-0.15, -0.1) is 0 Å². The fraction of sp³-hybridized carbons (Fsp3) is 0.474. The highest BCUT2D eigenvalue weighted by molar-refractivity contribution is 5.49. The molecule has 1 atom stereocenters. The van der Waals surface area contributed by atoms with Crippen LogP contribution in [0.25, 0.3) is 0 Å². The van der Waals surface area contributed by atoms with Gasteiger partial charge in [0.1, 0.15) is 18.0 Å². The van der Waals surface area contributed by atoms with Gasteiger partial charge in [-0.05, 0) is 5.56 Å². The van der Waals surface area contributed by atoms with Crippen molar-refractivity contribution in [1.82, 2.24) is 14.9 Å². The molecule has 6 nitrogen and oxygen atoms in total. The molecule has 0 aliphatic carbocycles. The van der Waals surface area contributed by atoms with Crippen LogP contribution in [0.5, 0.6) is 0 Å². The summed E-state index contributed by atoms with van der Waals surface area (Å²) in [6.45, 7) is 2.70. The van der Waals surface area contributed by atoms with Gasteiger partial charge in [0.05, 0.1) is 12.5 Å². The number of hydrogen-bond acceptors (Lipinski definition) is 6. The lowest BCUT2D eigenvalue weighted by molar-refractivity contribution is -0.138. The maximum atomic E-state index is 12.4. The standard InChI is InChI=1S/C19H24F3N5O/c20-19(21,22)6-7-26-8-10-27(11-9-26)18-12-17(24-14-25-18)23-13-16(28)15-4-2-1-3-5-15/h1-5,12,14,16,28H,6-11,13H2,(H,23,24,25). The molecule has 1 saturated heterocycles. The van der Waals surface area contributed by atoms with Gasteiger partial charge in [-0.1, -0.05) is 30.3 Å². The second kappa shape index (κ2) is 9.20. The summed E-state index contributed by atoms with van der Waals surface area (Å²) in [5.74, 6) is 1.32. The van der Waals surface area contributed by atoms with Gasteiger partial charge in [0.25, 0.3) is 0 Å². The number of nitrogens with zero attached hydrogens (tertiary/aromatic N) is 4. The van der Waals surface area contributed by atoms with Crippen LogP contribution < -0.4 is 10.2 Å². The van der Waals surface area contributed by atoms with Crippen molar-refractivity contribution in [2.75, 3.05) is 49.5 Å². The van der Waals surface area contributed by atoms with Gasteiger partial charge in [-0.3, -0.25) is 4.90 Å². The number of halogens is 3. The smallest absolute Gasteiger partial charge is 0.387 e. The van der Waals surface area contributed by atoms with E-state index in [-0.39, 0.29) is 6.54 Å². The monoisotopic (exact) mass is 395 g/mol. The van der Waals surface area contributed by atoms with Crippen molar-refractivity contribution >= 4 is 11.6 Å². The molecule has 1 aromatic heterocycles. The number of alkyl halides is 3. The molecular weight excluding hydrogens is 371 g/mol. The van der Waals surface area contributed by atoms with E-state index >= 15 is 0 Å². The quantitative estimate of drug-likeness (QED) is 0.752. The molecule has 9 heteroatoms. The Balaban J connectivity index is 1.50. The Morgan fingerprint density at radius 3 is 2.46 bits per heavy atom. The van der Waals surface area contributed by atoms with Crippen LogP contribution in [0.3, 0.4) is 0 Å². The molecule has 1 unspecified atom stereocenters. The fourth-order valence-electron chi connectivity index (χ4n) is 3.10. The number of rotatable bonds is 7. The molecular formula is C19H24F3N5O. The molecule has 0 spiro atoms. The van der Waals surface area contributed by atoms with Crippen LogP contribution in [0.2, 0.25) is 0 Å². The van der Waals surface area contributed by atoms with E-state index in [2.05, 4.69) is 15.3 Å². The van der Waals surface area contributed by atoms with Gasteiger partial charge in [0.2, 0.25) is 0 Å². The first kappa shape index (κ1) is 20.3. The summed E-state index contributed by atoms with van der Waals surface area (Å²) in [7, 11) is 0. The largest absolute Gasteiger partial charge is 0.390 e. The predicted molar refractivity (Wildman–Crippen MR) is 101 cm³/mol. The van der Waals surface area contributed by atoms with E-state index in [1.807, 2.05) is 40.1 Å². The molecule has 1 aromatic carbocycles. The number of aliphatic hydroxyl groups excluding tert-OH is 1. The molecule has 0 bridgehead atoms. The first-order valence-electron chi connectivity index (χ1n) is 9.24. The van der Waals surface area contributed by atoms with E-state index in [0.717, 1.165) is 11.4 Å². The zero-order chi connectivity index (χ0) is 20.0. The number of aromatic nitrogens is 2. The molecule has 152 valence electrons. The van der Waals surface area contributed by atoms with Gasteiger partial charge in [-0.2, -0.15) is 13.2 Å². The van der Waals surface area contributed by atoms with Gasteiger partial charge in [0, 0.05) is 45.3 Å². The number of anilines is 2. The zero-order valence-corrected chi connectivity index (χ0v) is 15.4. The van der Waals surface area contributed by atoms with Crippen molar-refractivity contribution in [3.63, 3.8) is 0 Å². The zero-order valence-electron chi connectivity index (χ0n) is 15.4. The van der Waals surface area contributed by atoms with Crippen LogP contribution >= 0.6 is 0 Å². The maximum Gasteiger partial charge on any atom is 0.390 e. The lowest BCUT2D eigenvalue weighted by Crippen LogP contribution is -2.47. The van der Waals surface area contributed by atoms with Gasteiger partial charge < -0.3 is 15.3 Å². The summed E-state index contributed by atoms with van der Waals surface area (Å²) in [5, 5.41) is 13.3. The molecule has 0 saturated carbocycles. The average molecular weight is 395 g/mol. The lowest BCUT2D eigenvalue weighted by Gasteiger charge is -2.35. The number of benzene rings is 1. The van der Waals surface area contributed by atoms with Crippen molar-refractivity contribution in [1.29, 1.82) is 0 Å². The van der Waals surface area contributed by atoms with Gasteiger partial charge in [-0.25, -0.2) is 9.97 Å². The Kier molecular flexibility index (Phi) is 6.69. The molecule has 1 aliphatic heterocycles. The minimum atomic E-state index is -4.12. The van der Waals surface area contributed by atoms with E-state index in [1.54, 1.807) is 6.07 Å². The minimum Gasteiger partial charge on any atom is -0.387 e. The van der Waals surface area contributed by atoms with Crippen LogP contribution in [0.4, 0.5) is 24.8 Å². The van der Waals surface area contributed by atoms with E-state index in [0.29, 0.717) is 38.5 Å². The molecule has 0 radical (unpaired) electrons. The van der Waals surface area contributed by atoms with Crippen molar-refractivity contribution < 1.29 is 18.3 Å². The minimum absolute atomic E-state index is 0.0330. The maximum absolute atomic E-state index is 12.4. The molecule has 2 aromatic rings. The van der Waals surface area contributed by atoms with Crippen LogP contribution in [0, 0.1) is 0 Å². The Morgan fingerprint density at radius 1 is 1.07 bits per heavy atom. The lowest BCUT2D eigenvalue weighted by atomic mass is 10.1. The second-order valence-corrected chi connectivity index (χ2v) is 6.76. The van der Waals surface area contributed by atoms with Crippen molar-refractivity contribution in [3.05, 3.63) is 48.3 Å². The van der Waals surface area contributed by atoms with E-state index in [9.17, 15) is 18.3 Å². The summed E-state index contributed by atoms with van der Waals surface area (Å²) in [5.41, 5.74) is 0.819. The molecule has 2 N–H and O–H groups in total. The highest BCUT2D eigenvalue weighted by Gasteiger charge is 2.28. The normalized spacial score (nSPS) is 16.8. The Morgan fingerprint density at radius 2 is 1.79 bits per heavy atom. The Hall–Kier alpha value is -2.39. The van der Waals surface area contributed by atoms with E-state index < -0.39 is 18.7 Å². The summed E-state index contributed by atoms with van der Waals surface area (Å²) < 4.78 is 37.1. The van der Waals surface area contributed by atoms with E-state index in [4.69, 9.17) is 0 Å². The van der Waals surface area contributed by atoms with Crippen LogP contribution in [-0.4, -0.2) is 65.4 Å². The molecule has 2 heterocycles. The fourth-order valence-corrected chi connectivity index (χ4v) is 3.10. The third-order valence-electron chi connectivity index (χ3n) is 4.72. The van der Waals surface area contributed by atoms with Crippen molar-refractivity contribution in [2.45, 2.75) is 18.7 Å². The molecule has 28 heavy (non-hydrogen) atoms. The van der Waals surface area contributed by atoms with Crippen LogP contribution in [0.1, 0.15) is 18.1 Å². The Labute approximate surface area is 162 Å². The highest BCUT2D eigenvalue weighted by Crippen LogP contribution is 2.21. The molecule has 0 amide bonds. The number of piperazine rings is 1. The summed E-state index contributed by atoms with van der Waals surface area (Å²) >= 11 is 0. The van der Waals surface area contributed by atoms with Crippen LogP contribution in [-0.2, 0) is 0 Å². The molecule has 1 fully saturated rings. The van der Waals surface area contributed by atoms with E-state index in [1.165, 1.54) is 6.33 Å². The highest BCUT2D eigenvalue weighted by atomic mass is 19.4. The second-order valence-electron chi connectivity index (χ2n) is 6.76. The first-order valence-corrected chi connectivity index (χ1v) is 9.24. The first-order chi connectivity index (χ1) is 13.4. The Bertz CT molecular complexity index is 736. The topological polar surface area (TPSA) is 64.5 Å². The number of nitrogens with one attached hydrogen (secondary N) is 1. The van der Waals surface area contributed by atoms with Gasteiger partial charge >= 0.3 is 6.18 Å². The third kappa shape index (κ3) is 6.07. The predicted octanol–water partition coefficient (Wildman–Crippen LogP) is 2.70. The van der Waals surface area contributed by atoms with Crippen molar-refractivity contribution in [3.8, 4) is 0 Å². The third-order valence-corrected chi connectivity index (χ3v) is 4.72. The number of hydrogen-bond donors (Lipinski definition) is 2. The number of aliphatic hydroxyl groups is 1. The van der Waals surface area contributed by atoms with Crippen molar-refractivity contribution in [2.24, 2.45) is 0 Å². The molecule has 3 rings (SSSR count). The summed E-state index contributed by atoms with van der Waals surface area (Å²) in [4.78, 5) is 12.3. The SMILES string of the molecule is OC(CNc1cc(N2CCN(CCC(F)(F)F)CC2)ncn1)c1ccccc1. The molecule has 1 aliphatic rings. The summed E-state index contributed by atoms with van der Waals surface area (Å²) in [6.07, 6.45) is -4.10. The van der Waals surface area contributed by atoms with Crippen LogP contribution in [0.15, 0.2) is 42.7 Å². The van der Waals surface area contributed by atoms with Gasteiger partial charge in [0.15, 0.2) is 0 Å². The average Bonchev–Trinajstić information content (AvgIpc) is 2.71.